The van der Waals surface area contributed by atoms with E-state index in [2.05, 4.69) is 29.9 Å². The number of aromatic amines is 2. The number of carbonyl (C=O) groups is 1. The molecule has 39 heavy (non-hydrogen) atoms. The summed E-state index contributed by atoms with van der Waals surface area (Å²) in [6, 6.07) is 6.30. The molecule has 1 aliphatic carbocycles. The lowest BCUT2D eigenvalue weighted by atomic mass is 9.84. The van der Waals surface area contributed by atoms with Crippen molar-refractivity contribution in [3.63, 3.8) is 0 Å². The van der Waals surface area contributed by atoms with E-state index in [1.165, 1.54) is 5.56 Å². The van der Waals surface area contributed by atoms with E-state index in [1.807, 2.05) is 36.8 Å². The van der Waals surface area contributed by atoms with Crippen molar-refractivity contribution in [1.29, 1.82) is 0 Å². The van der Waals surface area contributed by atoms with Crippen LogP contribution in [-0.2, 0) is 0 Å². The quantitative estimate of drug-likeness (QED) is 0.313. The van der Waals surface area contributed by atoms with E-state index in [-0.39, 0.29) is 23.9 Å². The van der Waals surface area contributed by atoms with Crippen molar-refractivity contribution in [2.75, 3.05) is 5.73 Å². The standard InChI is InChI=1S/C29H29N9O/c30-26-24(16-1-2-16)25(19-11-20-4-5-21(12-19)37(20)29(39)18-7-8-31-13-18)36-28-22(15-35-38(26)28)17-3-6-23(34-14-17)27-32-9-10-33-27/h3,6-10,13-16,19-21,31H,1-2,4-5,11-12,30H2,(H,32,33)/t19-,20+,21-. The van der Waals surface area contributed by atoms with Gasteiger partial charge in [-0.25, -0.2) is 9.97 Å². The highest BCUT2D eigenvalue weighted by atomic mass is 16.2. The number of nitrogens with two attached hydrogens (primary N) is 1. The number of hydrogen-bond donors (Lipinski definition) is 3. The number of hydrogen-bond acceptors (Lipinski definition) is 6. The highest BCUT2D eigenvalue weighted by Gasteiger charge is 2.46. The molecule has 0 unspecified atom stereocenters. The molecule has 3 atom stereocenters. The topological polar surface area (TPSA) is 134 Å². The minimum Gasteiger partial charge on any atom is -0.383 e. The zero-order valence-corrected chi connectivity index (χ0v) is 21.4. The van der Waals surface area contributed by atoms with Crippen LogP contribution in [0.3, 0.4) is 0 Å². The first-order valence-electron chi connectivity index (χ1n) is 13.7. The molecule has 0 radical (unpaired) electrons. The Labute approximate surface area is 224 Å². The Hall–Kier alpha value is -4.47. The number of imidazole rings is 1. The molecule has 1 saturated carbocycles. The van der Waals surface area contributed by atoms with Crippen LogP contribution in [0.25, 0.3) is 28.3 Å². The first-order valence-corrected chi connectivity index (χ1v) is 13.7. The van der Waals surface area contributed by atoms with Gasteiger partial charge in [0.05, 0.1) is 17.5 Å². The number of carbonyl (C=O) groups excluding carboxylic acids is 1. The predicted octanol–water partition coefficient (Wildman–Crippen LogP) is 4.52. The summed E-state index contributed by atoms with van der Waals surface area (Å²) in [6.45, 7) is 0. The van der Waals surface area contributed by atoms with Crippen LogP contribution < -0.4 is 5.73 Å². The SMILES string of the molecule is Nc1c(C2CC2)c([C@H]2C[C@H]3CC[C@@H](C2)N3C(=O)c2cc[nH]c2)nc2c(-c3ccc(-c4ncc[nH]4)nc3)cnn12. The summed E-state index contributed by atoms with van der Waals surface area (Å²) in [5, 5.41) is 4.66. The van der Waals surface area contributed by atoms with Crippen molar-refractivity contribution < 1.29 is 4.79 Å². The van der Waals surface area contributed by atoms with E-state index in [0.29, 0.717) is 11.7 Å². The summed E-state index contributed by atoms with van der Waals surface area (Å²) in [5.41, 5.74) is 13.2. The fourth-order valence-electron chi connectivity index (χ4n) is 6.79. The minimum atomic E-state index is 0.135. The van der Waals surface area contributed by atoms with Crippen molar-refractivity contribution in [2.45, 2.75) is 62.4 Å². The lowest BCUT2D eigenvalue weighted by Gasteiger charge is -2.39. The van der Waals surface area contributed by atoms with E-state index in [4.69, 9.17) is 10.7 Å². The highest BCUT2D eigenvalue weighted by molar-refractivity contribution is 5.94. The van der Waals surface area contributed by atoms with Gasteiger partial charge in [-0.2, -0.15) is 9.61 Å². The Balaban J connectivity index is 1.17. The largest absolute Gasteiger partial charge is 0.383 e. The zero-order valence-electron chi connectivity index (χ0n) is 21.4. The van der Waals surface area contributed by atoms with Crippen molar-refractivity contribution in [3.8, 4) is 22.6 Å². The summed E-state index contributed by atoms with van der Waals surface area (Å²) in [5.74, 6) is 2.27. The maximum Gasteiger partial charge on any atom is 0.255 e. The molecule has 3 fully saturated rings. The smallest absolute Gasteiger partial charge is 0.255 e. The van der Waals surface area contributed by atoms with Crippen LogP contribution in [0.2, 0.25) is 0 Å². The van der Waals surface area contributed by atoms with E-state index in [9.17, 15) is 4.79 Å². The molecular weight excluding hydrogens is 490 g/mol. The zero-order chi connectivity index (χ0) is 26.1. The van der Waals surface area contributed by atoms with Gasteiger partial charge in [-0.15, -0.1) is 0 Å². The van der Waals surface area contributed by atoms with Gasteiger partial charge in [0.2, 0.25) is 0 Å². The predicted molar refractivity (Wildman–Crippen MR) is 146 cm³/mol. The lowest BCUT2D eigenvalue weighted by Crippen LogP contribution is -2.46. The summed E-state index contributed by atoms with van der Waals surface area (Å²) in [4.78, 5) is 35.8. The Morgan fingerprint density at radius 1 is 0.974 bits per heavy atom. The van der Waals surface area contributed by atoms with E-state index >= 15 is 0 Å². The van der Waals surface area contributed by atoms with Gasteiger partial charge in [0, 0.05) is 65.7 Å². The number of fused-ring (bicyclic) bond motifs is 3. The molecule has 1 amide bonds. The fraction of sp³-hybridized carbons (Fsp3) is 0.345. The number of aromatic nitrogens is 7. The van der Waals surface area contributed by atoms with Gasteiger partial charge >= 0.3 is 0 Å². The summed E-state index contributed by atoms with van der Waals surface area (Å²) >= 11 is 0. The second-order valence-electron chi connectivity index (χ2n) is 11.1. The van der Waals surface area contributed by atoms with Crippen molar-refractivity contribution in [1.82, 2.24) is 39.4 Å². The molecule has 4 N–H and O–H groups in total. The van der Waals surface area contributed by atoms with Crippen LogP contribution in [-0.4, -0.2) is 57.4 Å². The Morgan fingerprint density at radius 3 is 2.49 bits per heavy atom. The van der Waals surface area contributed by atoms with Gasteiger partial charge in [-0.3, -0.25) is 9.78 Å². The van der Waals surface area contributed by atoms with Gasteiger partial charge in [0.25, 0.3) is 5.91 Å². The molecular formula is C29H29N9O. The van der Waals surface area contributed by atoms with Crippen LogP contribution in [0.15, 0.2) is 55.4 Å². The number of anilines is 1. The molecule has 10 heteroatoms. The number of pyridine rings is 1. The van der Waals surface area contributed by atoms with Crippen LogP contribution in [0, 0.1) is 0 Å². The number of rotatable bonds is 5. The number of nitrogens with one attached hydrogen (secondary N) is 2. The highest BCUT2D eigenvalue weighted by Crippen LogP contribution is 2.50. The summed E-state index contributed by atoms with van der Waals surface area (Å²) in [6.07, 6.45) is 17.0. The normalized spacial score (nSPS) is 22.6. The van der Waals surface area contributed by atoms with Crippen LogP contribution in [0.4, 0.5) is 5.82 Å². The van der Waals surface area contributed by atoms with Gasteiger partial charge < -0.3 is 20.6 Å². The molecule has 2 bridgehead atoms. The minimum absolute atomic E-state index is 0.135. The molecule has 0 aromatic carbocycles. The Kier molecular flexibility index (Phi) is 4.92. The lowest BCUT2D eigenvalue weighted by molar-refractivity contribution is 0.0569. The Bertz CT molecular complexity index is 1650. The number of piperidine rings is 1. The molecule has 10 nitrogen and oxygen atoms in total. The Morgan fingerprint density at radius 2 is 1.82 bits per heavy atom. The number of nitrogens with zero attached hydrogens (tertiary/aromatic N) is 6. The third-order valence-corrected chi connectivity index (χ3v) is 8.75. The van der Waals surface area contributed by atoms with Gasteiger partial charge in [0.1, 0.15) is 11.5 Å². The van der Waals surface area contributed by atoms with Gasteiger partial charge in [-0.05, 0) is 56.6 Å². The maximum absolute atomic E-state index is 13.3. The number of H-pyrrole nitrogens is 2. The molecule has 196 valence electrons. The molecule has 2 saturated heterocycles. The average Bonchev–Trinajstić information content (AvgIpc) is 3.37. The molecule has 0 spiro atoms. The maximum atomic E-state index is 13.3. The third kappa shape index (κ3) is 3.58. The first kappa shape index (κ1) is 22.5. The monoisotopic (exact) mass is 519 g/mol. The number of amides is 1. The van der Waals surface area contributed by atoms with Crippen molar-refractivity contribution >= 4 is 17.4 Å². The summed E-state index contributed by atoms with van der Waals surface area (Å²) in [7, 11) is 0. The number of nitrogen functional groups attached to an aromatic ring is 1. The van der Waals surface area contributed by atoms with E-state index in [1.54, 1.807) is 23.1 Å². The average molecular weight is 520 g/mol. The van der Waals surface area contributed by atoms with Gasteiger partial charge in [0.15, 0.2) is 11.5 Å². The van der Waals surface area contributed by atoms with Crippen LogP contribution >= 0.6 is 0 Å². The van der Waals surface area contributed by atoms with Crippen molar-refractivity contribution in [3.05, 3.63) is 72.2 Å². The second kappa shape index (κ2) is 8.52. The van der Waals surface area contributed by atoms with Crippen molar-refractivity contribution in [2.24, 2.45) is 0 Å². The first-order chi connectivity index (χ1) is 19.2. The van der Waals surface area contributed by atoms with E-state index < -0.39 is 0 Å². The van der Waals surface area contributed by atoms with Crippen LogP contribution in [0.5, 0.6) is 0 Å². The van der Waals surface area contributed by atoms with Crippen LogP contribution in [0.1, 0.15) is 72.0 Å². The second-order valence-corrected chi connectivity index (χ2v) is 11.1. The molecule has 2 aliphatic heterocycles. The molecule has 8 rings (SSSR count). The molecule has 7 heterocycles. The molecule has 5 aromatic rings. The fourth-order valence-corrected chi connectivity index (χ4v) is 6.79. The summed E-state index contributed by atoms with van der Waals surface area (Å²) < 4.78 is 1.80. The molecule has 3 aliphatic rings. The molecule has 5 aromatic heterocycles. The third-order valence-electron chi connectivity index (χ3n) is 8.75. The van der Waals surface area contributed by atoms with Gasteiger partial charge in [-0.1, -0.05) is 6.07 Å². The van der Waals surface area contributed by atoms with E-state index in [0.717, 1.165) is 78.1 Å².